The number of aromatic nitrogens is 3. The van der Waals surface area contributed by atoms with Crippen LogP contribution in [0, 0.1) is 6.92 Å². The molecule has 0 saturated heterocycles. The highest BCUT2D eigenvalue weighted by Gasteiger charge is 2.12. The van der Waals surface area contributed by atoms with Crippen LogP contribution in [-0.2, 0) is 27.3 Å². The normalized spacial score (nSPS) is 10.7. The SMILES string of the molecule is CCOC(=O)Cc1csc(NC(=O)Cn2cnc3c(C)cccc3c2=O)n1. The molecule has 3 aromatic rings. The summed E-state index contributed by atoms with van der Waals surface area (Å²) >= 11 is 1.20. The summed E-state index contributed by atoms with van der Waals surface area (Å²) in [6.45, 7) is 3.74. The highest BCUT2D eigenvalue weighted by molar-refractivity contribution is 7.13. The van der Waals surface area contributed by atoms with E-state index in [1.54, 1.807) is 24.4 Å². The van der Waals surface area contributed by atoms with Crippen LogP contribution in [0.5, 0.6) is 0 Å². The minimum Gasteiger partial charge on any atom is -0.466 e. The minimum absolute atomic E-state index is 0.0492. The number of rotatable bonds is 6. The zero-order chi connectivity index (χ0) is 19.4. The fourth-order valence-corrected chi connectivity index (χ4v) is 3.30. The van der Waals surface area contributed by atoms with Crippen molar-refractivity contribution in [2.45, 2.75) is 26.8 Å². The Morgan fingerprint density at radius 2 is 2.15 bits per heavy atom. The Morgan fingerprint density at radius 1 is 1.33 bits per heavy atom. The van der Waals surface area contributed by atoms with Crippen molar-refractivity contribution in [3.8, 4) is 0 Å². The van der Waals surface area contributed by atoms with Crippen molar-refractivity contribution in [3.05, 3.63) is 51.5 Å². The zero-order valence-corrected chi connectivity index (χ0v) is 15.7. The highest BCUT2D eigenvalue weighted by atomic mass is 32.1. The van der Waals surface area contributed by atoms with E-state index in [9.17, 15) is 14.4 Å². The maximum atomic E-state index is 12.5. The molecule has 0 atom stereocenters. The van der Waals surface area contributed by atoms with Crippen LogP contribution in [0.3, 0.4) is 0 Å². The van der Waals surface area contributed by atoms with Gasteiger partial charge in [0.05, 0.1) is 36.0 Å². The number of benzene rings is 1. The average Bonchev–Trinajstić information content (AvgIpc) is 3.04. The molecule has 27 heavy (non-hydrogen) atoms. The second kappa shape index (κ2) is 8.09. The lowest BCUT2D eigenvalue weighted by atomic mass is 10.1. The fraction of sp³-hybridized carbons (Fsp3) is 0.278. The van der Waals surface area contributed by atoms with E-state index in [4.69, 9.17) is 4.74 Å². The Hall–Kier alpha value is -3.07. The van der Waals surface area contributed by atoms with Crippen molar-refractivity contribution in [3.63, 3.8) is 0 Å². The largest absolute Gasteiger partial charge is 0.466 e. The molecule has 9 heteroatoms. The van der Waals surface area contributed by atoms with Gasteiger partial charge in [-0.1, -0.05) is 12.1 Å². The molecule has 0 radical (unpaired) electrons. The maximum Gasteiger partial charge on any atom is 0.311 e. The van der Waals surface area contributed by atoms with Crippen LogP contribution in [0.25, 0.3) is 10.9 Å². The molecule has 0 aliphatic heterocycles. The average molecular weight is 386 g/mol. The number of para-hydroxylation sites is 1. The van der Waals surface area contributed by atoms with E-state index in [2.05, 4.69) is 15.3 Å². The molecule has 0 unspecified atom stereocenters. The summed E-state index contributed by atoms with van der Waals surface area (Å²) in [6, 6.07) is 5.35. The first kappa shape index (κ1) is 18.7. The molecule has 1 N–H and O–H groups in total. The highest BCUT2D eigenvalue weighted by Crippen LogP contribution is 2.16. The summed E-state index contributed by atoms with van der Waals surface area (Å²) in [6.07, 6.45) is 1.42. The molecular formula is C18H18N4O4S. The van der Waals surface area contributed by atoms with E-state index in [0.717, 1.165) is 5.56 Å². The summed E-state index contributed by atoms with van der Waals surface area (Å²) in [5, 5.41) is 5.14. The van der Waals surface area contributed by atoms with Crippen molar-refractivity contribution in [2.24, 2.45) is 0 Å². The van der Waals surface area contributed by atoms with Gasteiger partial charge in [0.25, 0.3) is 5.56 Å². The first-order chi connectivity index (χ1) is 13.0. The number of anilines is 1. The molecule has 0 aliphatic carbocycles. The van der Waals surface area contributed by atoms with E-state index in [1.807, 2.05) is 13.0 Å². The van der Waals surface area contributed by atoms with Gasteiger partial charge in [-0.05, 0) is 25.5 Å². The van der Waals surface area contributed by atoms with Crippen LogP contribution in [0.15, 0.2) is 34.7 Å². The molecule has 1 amide bonds. The second-order valence-electron chi connectivity index (χ2n) is 5.82. The predicted octanol–water partition coefficient (Wildman–Crippen LogP) is 1.91. The summed E-state index contributed by atoms with van der Waals surface area (Å²) in [5.41, 5.74) is 1.77. The van der Waals surface area contributed by atoms with Crippen LogP contribution in [0.4, 0.5) is 5.13 Å². The maximum absolute atomic E-state index is 12.5. The number of aryl methyl sites for hydroxylation is 1. The van der Waals surface area contributed by atoms with Crippen LogP contribution >= 0.6 is 11.3 Å². The van der Waals surface area contributed by atoms with Crippen molar-refractivity contribution in [2.75, 3.05) is 11.9 Å². The van der Waals surface area contributed by atoms with Gasteiger partial charge in [-0.25, -0.2) is 9.97 Å². The van der Waals surface area contributed by atoms with Crippen molar-refractivity contribution in [1.29, 1.82) is 0 Å². The second-order valence-corrected chi connectivity index (χ2v) is 6.68. The first-order valence-electron chi connectivity index (χ1n) is 8.32. The number of hydrogen-bond donors (Lipinski definition) is 1. The van der Waals surface area contributed by atoms with E-state index in [-0.39, 0.29) is 24.5 Å². The van der Waals surface area contributed by atoms with Gasteiger partial charge < -0.3 is 10.1 Å². The molecule has 0 bridgehead atoms. The Morgan fingerprint density at radius 3 is 2.93 bits per heavy atom. The molecule has 2 aromatic heterocycles. The molecular weight excluding hydrogens is 368 g/mol. The Kier molecular flexibility index (Phi) is 5.60. The Balaban J connectivity index is 1.69. The first-order valence-corrected chi connectivity index (χ1v) is 9.20. The third-order valence-corrected chi connectivity index (χ3v) is 4.60. The molecule has 0 aliphatic rings. The molecule has 0 spiro atoms. The van der Waals surface area contributed by atoms with Crippen molar-refractivity contribution in [1.82, 2.24) is 14.5 Å². The standard InChI is InChI=1S/C18H18N4O4S/c1-3-26-15(24)7-12-9-27-18(20-12)21-14(23)8-22-10-19-16-11(2)5-4-6-13(16)17(22)25/h4-6,9-10H,3,7-8H2,1-2H3,(H,20,21,23). The van der Waals surface area contributed by atoms with Gasteiger partial charge in [0, 0.05) is 5.38 Å². The number of amides is 1. The zero-order valence-electron chi connectivity index (χ0n) is 14.9. The van der Waals surface area contributed by atoms with Crippen LogP contribution in [0.2, 0.25) is 0 Å². The number of nitrogens with one attached hydrogen (secondary N) is 1. The fourth-order valence-electron chi connectivity index (χ4n) is 2.57. The summed E-state index contributed by atoms with van der Waals surface area (Å²) in [4.78, 5) is 44.7. The van der Waals surface area contributed by atoms with Crippen molar-refractivity contribution >= 4 is 39.2 Å². The number of carbonyl (C=O) groups is 2. The Bertz CT molecular complexity index is 1060. The molecule has 1 aromatic carbocycles. The van der Waals surface area contributed by atoms with E-state index >= 15 is 0 Å². The van der Waals surface area contributed by atoms with Gasteiger partial charge >= 0.3 is 5.97 Å². The number of nitrogens with zero attached hydrogens (tertiary/aromatic N) is 3. The number of fused-ring (bicyclic) bond motifs is 1. The predicted molar refractivity (Wildman–Crippen MR) is 102 cm³/mol. The monoisotopic (exact) mass is 386 g/mol. The van der Waals surface area contributed by atoms with Gasteiger partial charge in [0.2, 0.25) is 5.91 Å². The van der Waals surface area contributed by atoms with Crippen LogP contribution < -0.4 is 10.9 Å². The summed E-state index contributed by atoms with van der Waals surface area (Å²) in [5.74, 6) is -0.771. The topological polar surface area (TPSA) is 103 Å². The third-order valence-electron chi connectivity index (χ3n) is 3.80. The molecule has 8 nitrogen and oxygen atoms in total. The molecule has 3 rings (SSSR count). The molecule has 140 valence electrons. The number of hydrogen-bond acceptors (Lipinski definition) is 7. The lowest BCUT2D eigenvalue weighted by Gasteiger charge is -2.07. The van der Waals surface area contributed by atoms with Gasteiger partial charge in [0.15, 0.2) is 5.13 Å². The van der Waals surface area contributed by atoms with Gasteiger partial charge in [0.1, 0.15) is 6.54 Å². The third kappa shape index (κ3) is 4.37. The smallest absolute Gasteiger partial charge is 0.311 e. The number of carbonyl (C=O) groups excluding carboxylic acids is 2. The molecule has 0 saturated carbocycles. The number of ether oxygens (including phenoxy) is 1. The van der Waals surface area contributed by atoms with Gasteiger partial charge in [-0.2, -0.15) is 0 Å². The van der Waals surface area contributed by atoms with E-state index in [1.165, 1.54) is 22.2 Å². The lowest BCUT2D eigenvalue weighted by molar-refractivity contribution is -0.142. The number of esters is 1. The summed E-state index contributed by atoms with van der Waals surface area (Å²) in [7, 11) is 0. The lowest BCUT2D eigenvalue weighted by Crippen LogP contribution is -2.28. The quantitative estimate of drug-likeness (QED) is 0.649. The minimum atomic E-state index is -0.400. The van der Waals surface area contributed by atoms with Gasteiger partial charge in [-0.15, -0.1) is 11.3 Å². The van der Waals surface area contributed by atoms with Gasteiger partial charge in [-0.3, -0.25) is 19.0 Å². The molecule has 2 heterocycles. The number of thiazole rings is 1. The molecule has 0 fully saturated rings. The van der Waals surface area contributed by atoms with Crippen LogP contribution in [0.1, 0.15) is 18.2 Å². The Labute approximate surface area is 158 Å². The van der Waals surface area contributed by atoms with Crippen molar-refractivity contribution < 1.29 is 14.3 Å². The summed E-state index contributed by atoms with van der Waals surface area (Å²) < 4.78 is 6.12. The van der Waals surface area contributed by atoms with E-state index in [0.29, 0.717) is 28.3 Å². The van der Waals surface area contributed by atoms with Crippen LogP contribution in [-0.4, -0.2) is 33.0 Å². The van der Waals surface area contributed by atoms with E-state index < -0.39 is 5.91 Å².